The van der Waals surface area contributed by atoms with Crippen LogP contribution in [0.5, 0.6) is 0 Å². The Hall–Kier alpha value is -3.22. The molecule has 1 fully saturated rings. The van der Waals surface area contributed by atoms with E-state index in [1.807, 2.05) is 0 Å². The molecule has 27 heavy (non-hydrogen) atoms. The molecule has 1 heterocycles. The average Bonchev–Trinajstić information content (AvgIpc) is 3.09. The Bertz CT molecular complexity index is 884. The molecule has 1 N–H and O–H groups in total. The third-order valence-corrected chi connectivity index (χ3v) is 4.25. The Kier molecular flexibility index (Phi) is 5.49. The van der Waals surface area contributed by atoms with E-state index in [1.54, 1.807) is 35.2 Å². The second kappa shape index (κ2) is 7.99. The van der Waals surface area contributed by atoms with Crippen LogP contribution in [0.15, 0.2) is 48.5 Å². The van der Waals surface area contributed by atoms with Gasteiger partial charge in [0.25, 0.3) is 5.91 Å². The van der Waals surface area contributed by atoms with Crippen molar-refractivity contribution in [2.24, 2.45) is 0 Å². The molecule has 1 unspecified atom stereocenters. The highest BCUT2D eigenvalue weighted by atomic mass is 19.1. The summed E-state index contributed by atoms with van der Waals surface area (Å²) in [5, 5.41) is 2.38. The first-order chi connectivity index (χ1) is 13.0. The lowest BCUT2D eigenvalue weighted by Crippen LogP contribution is -2.30. The zero-order valence-corrected chi connectivity index (χ0v) is 14.8. The quantitative estimate of drug-likeness (QED) is 0.821. The lowest BCUT2D eigenvalue weighted by Gasteiger charge is -2.17. The summed E-state index contributed by atoms with van der Waals surface area (Å²) in [6.45, 7) is 2.01. The minimum Gasteiger partial charge on any atom is -0.449 e. The van der Waals surface area contributed by atoms with Gasteiger partial charge in [0, 0.05) is 18.7 Å². The Balaban J connectivity index is 1.65. The van der Waals surface area contributed by atoms with Crippen molar-refractivity contribution in [2.75, 3.05) is 16.8 Å². The number of hydrogen-bond donors (Lipinski definition) is 1. The van der Waals surface area contributed by atoms with Crippen molar-refractivity contribution >= 4 is 29.2 Å². The van der Waals surface area contributed by atoms with Crippen LogP contribution < -0.4 is 10.2 Å². The van der Waals surface area contributed by atoms with Gasteiger partial charge < -0.3 is 15.0 Å². The summed E-state index contributed by atoms with van der Waals surface area (Å²) < 4.78 is 18.8. The van der Waals surface area contributed by atoms with Gasteiger partial charge in [-0.05, 0) is 43.7 Å². The normalized spacial score (nSPS) is 14.7. The molecular formula is C20H19FN2O4. The second-order valence-corrected chi connectivity index (χ2v) is 6.22. The zero-order chi connectivity index (χ0) is 19.4. The number of nitrogens with one attached hydrogen (secondary N) is 1. The molecule has 0 spiro atoms. The molecule has 140 valence electrons. The van der Waals surface area contributed by atoms with Crippen LogP contribution in [0.3, 0.4) is 0 Å². The highest BCUT2D eigenvalue weighted by molar-refractivity contribution is 5.99. The van der Waals surface area contributed by atoms with E-state index in [0.717, 1.165) is 6.42 Å². The van der Waals surface area contributed by atoms with E-state index in [9.17, 15) is 18.8 Å². The number of hydrogen-bond acceptors (Lipinski definition) is 4. The number of esters is 1. The summed E-state index contributed by atoms with van der Waals surface area (Å²) in [4.78, 5) is 38.0. The highest BCUT2D eigenvalue weighted by Crippen LogP contribution is 2.23. The van der Waals surface area contributed by atoms with Gasteiger partial charge in [0.15, 0.2) is 6.10 Å². The Labute approximate surface area is 155 Å². The van der Waals surface area contributed by atoms with Crippen LogP contribution in [0, 0.1) is 5.82 Å². The smallest absolute Gasteiger partial charge is 0.338 e. The van der Waals surface area contributed by atoms with E-state index in [2.05, 4.69) is 5.32 Å². The van der Waals surface area contributed by atoms with E-state index >= 15 is 0 Å². The van der Waals surface area contributed by atoms with Gasteiger partial charge in [0.2, 0.25) is 5.91 Å². The molecule has 1 saturated heterocycles. The van der Waals surface area contributed by atoms with Crippen molar-refractivity contribution < 1.29 is 23.5 Å². The summed E-state index contributed by atoms with van der Waals surface area (Å²) in [6, 6.07) is 12.2. The SMILES string of the molecule is CC(OC(=O)c1cccc(N2CCCC2=O)c1)C(=O)Nc1ccccc1F. The van der Waals surface area contributed by atoms with E-state index in [4.69, 9.17) is 4.74 Å². The van der Waals surface area contributed by atoms with Gasteiger partial charge in [0.05, 0.1) is 11.3 Å². The van der Waals surface area contributed by atoms with E-state index in [1.165, 1.54) is 25.1 Å². The number of para-hydroxylation sites is 1. The largest absolute Gasteiger partial charge is 0.449 e. The van der Waals surface area contributed by atoms with Crippen molar-refractivity contribution in [2.45, 2.75) is 25.9 Å². The molecule has 3 rings (SSSR count). The topological polar surface area (TPSA) is 75.7 Å². The standard InChI is InChI=1S/C20H19FN2O4/c1-13(19(25)22-17-9-3-2-8-16(17)21)27-20(26)14-6-4-7-15(12-14)23-11-5-10-18(23)24/h2-4,6-9,12-13H,5,10-11H2,1H3,(H,22,25). The number of carbonyl (C=O) groups excluding carboxylic acids is 3. The molecule has 6 nitrogen and oxygen atoms in total. The number of rotatable bonds is 5. The lowest BCUT2D eigenvalue weighted by molar-refractivity contribution is -0.123. The molecule has 2 aromatic rings. The first kappa shape index (κ1) is 18.6. The third kappa shape index (κ3) is 4.31. The maximum atomic E-state index is 13.6. The number of amides is 2. The van der Waals surface area contributed by atoms with Gasteiger partial charge in [-0.3, -0.25) is 9.59 Å². The van der Waals surface area contributed by atoms with E-state index in [0.29, 0.717) is 18.7 Å². The van der Waals surface area contributed by atoms with Crippen molar-refractivity contribution in [1.82, 2.24) is 0 Å². The van der Waals surface area contributed by atoms with E-state index < -0.39 is 23.8 Å². The molecule has 7 heteroatoms. The maximum Gasteiger partial charge on any atom is 0.338 e. The molecule has 0 aromatic heterocycles. The van der Waals surface area contributed by atoms with Crippen LogP contribution in [0.25, 0.3) is 0 Å². The summed E-state index contributed by atoms with van der Waals surface area (Å²) in [5.74, 6) is -1.90. The molecule has 1 aliphatic heterocycles. The number of ether oxygens (including phenoxy) is 1. The van der Waals surface area contributed by atoms with Crippen molar-refractivity contribution in [3.8, 4) is 0 Å². The summed E-state index contributed by atoms with van der Waals surface area (Å²) in [5.41, 5.74) is 0.869. The molecule has 0 radical (unpaired) electrons. The fourth-order valence-electron chi connectivity index (χ4n) is 2.80. The first-order valence-electron chi connectivity index (χ1n) is 8.62. The van der Waals surface area contributed by atoms with Gasteiger partial charge in [-0.2, -0.15) is 0 Å². The number of carbonyl (C=O) groups is 3. The summed E-state index contributed by atoms with van der Waals surface area (Å²) in [6.07, 6.45) is 0.150. The van der Waals surface area contributed by atoms with Gasteiger partial charge in [-0.15, -0.1) is 0 Å². The van der Waals surface area contributed by atoms with Crippen LogP contribution in [0.4, 0.5) is 15.8 Å². The van der Waals surface area contributed by atoms with Crippen LogP contribution in [0.1, 0.15) is 30.1 Å². The van der Waals surface area contributed by atoms with Crippen LogP contribution in [-0.4, -0.2) is 30.4 Å². The number of nitrogens with zero attached hydrogens (tertiary/aromatic N) is 1. The fourth-order valence-corrected chi connectivity index (χ4v) is 2.80. The van der Waals surface area contributed by atoms with Gasteiger partial charge >= 0.3 is 5.97 Å². The van der Waals surface area contributed by atoms with Crippen molar-refractivity contribution in [3.05, 3.63) is 59.9 Å². The predicted molar refractivity (Wildman–Crippen MR) is 97.9 cm³/mol. The molecule has 1 atom stereocenters. The summed E-state index contributed by atoms with van der Waals surface area (Å²) >= 11 is 0. The fraction of sp³-hybridized carbons (Fsp3) is 0.250. The molecule has 1 aliphatic rings. The lowest BCUT2D eigenvalue weighted by atomic mass is 10.2. The number of benzene rings is 2. The second-order valence-electron chi connectivity index (χ2n) is 6.22. The predicted octanol–water partition coefficient (Wildman–Crippen LogP) is 3.14. The Morgan fingerprint density at radius 3 is 2.67 bits per heavy atom. The molecule has 0 bridgehead atoms. The third-order valence-electron chi connectivity index (χ3n) is 4.25. The Morgan fingerprint density at radius 1 is 1.19 bits per heavy atom. The van der Waals surface area contributed by atoms with Gasteiger partial charge in [-0.25, -0.2) is 9.18 Å². The average molecular weight is 370 g/mol. The first-order valence-corrected chi connectivity index (χ1v) is 8.62. The monoisotopic (exact) mass is 370 g/mol. The van der Waals surface area contributed by atoms with Crippen LogP contribution in [-0.2, 0) is 14.3 Å². The minimum atomic E-state index is -1.12. The Morgan fingerprint density at radius 2 is 1.96 bits per heavy atom. The van der Waals surface area contributed by atoms with Gasteiger partial charge in [0.1, 0.15) is 5.82 Å². The molecule has 0 saturated carbocycles. The zero-order valence-electron chi connectivity index (χ0n) is 14.8. The summed E-state index contributed by atoms with van der Waals surface area (Å²) in [7, 11) is 0. The van der Waals surface area contributed by atoms with Gasteiger partial charge in [-0.1, -0.05) is 18.2 Å². The molecule has 2 aromatic carbocycles. The van der Waals surface area contributed by atoms with Crippen LogP contribution in [0.2, 0.25) is 0 Å². The maximum absolute atomic E-state index is 13.6. The van der Waals surface area contributed by atoms with Crippen LogP contribution >= 0.6 is 0 Å². The number of halogens is 1. The van der Waals surface area contributed by atoms with Crippen molar-refractivity contribution in [3.63, 3.8) is 0 Å². The minimum absolute atomic E-state index is 0.0122. The molecule has 0 aliphatic carbocycles. The van der Waals surface area contributed by atoms with E-state index in [-0.39, 0.29) is 17.2 Å². The molecular weight excluding hydrogens is 351 g/mol. The van der Waals surface area contributed by atoms with Crippen molar-refractivity contribution in [1.29, 1.82) is 0 Å². The molecule has 2 amide bonds. The highest BCUT2D eigenvalue weighted by Gasteiger charge is 2.24. The number of anilines is 2.